The minimum atomic E-state index is -1.00. The number of anilines is 1. The van der Waals surface area contributed by atoms with Gasteiger partial charge in [-0.1, -0.05) is 11.6 Å². The maximum absolute atomic E-state index is 11.9. The summed E-state index contributed by atoms with van der Waals surface area (Å²) in [6.45, 7) is 0. The first kappa shape index (κ1) is 13.1. The van der Waals surface area contributed by atoms with E-state index in [1.54, 1.807) is 24.3 Å². The quantitative estimate of drug-likeness (QED) is 0.903. The van der Waals surface area contributed by atoms with E-state index in [1.165, 1.54) is 24.3 Å². The topological polar surface area (TPSA) is 66.4 Å². The van der Waals surface area contributed by atoms with Crippen LogP contribution in [0.3, 0.4) is 0 Å². The lowest BCUT2D eigenvalue weighted by atomic mass is 10.2. The van der Waals surface area contributed by atoms with Gasteiger partial charge in [0.25, 0.3) is 5.91 Å². The molecule has 5 heteroatoms. The van der Waals surface area contributed by atoms with Crippen molar-refractivity contribution in [1.82, 2.24) is 0 Å². The van der Waals surface area contributed by atoms with Gasteiger partial charge in [0.15, 0.2) is 0 Å². The highest BCUT2D eigenvalue weighted by Gasteiger charge is 2.07. The first-order chi connectivity index (χ1) is 9.06. The van der Waals surface area contributed by atoms with Crippen LogP contribution >= 0.6 is 11.6 Å². The molecule has 0 bridgehead atoms. The van der Waals surface area contributed by atoms with Gasteiger partial charge in [0.1, 0.15) is 0 Å². The van der Waals surface area contributed by atoms with E-state index in [1.807, 2.05) is 0 Å². The molecule has 19 heavy (non-hydrogen) atoms. The van der Waals surface area contributed by atoms with Crippen molar-refractivity contribution in [3.63, 3.8) is 0 Å². The fourth-order valence-corrected chi connectivity index (χ4v) is 1.63. The molecule has 2 rings (SSSR count). The van der Waals surface area contributed by atoms with Gasteiger partial charge in [0, 0.05) is 16.3 Å². The molecule has 0 saturated heterocycles. The summed E-state index contributed by atoms with van der Waals surface area (Å²) in [6, 6.07) is 12.4. The van der Waals surface area contributed by atoms with Crippen LogP contribution in [0.15, 0.2) is 48.5 Å². The number of carboxylic acids is 1. The number of nitrogens with one attached hydrogen (secondary N) is 1. The number of benzene rings is 2. The molecule has 0 radical (unpaired) electrons. The van der Waals surface area contributed by atoms with Crippen molar-refractivity contribution >= 4 is 29.2 Å². The van der Waals surface area contributed by atoms with E-state index < -0.39 is 5.97 Å². The predicted octanol–water partition coefficient (Wildman–Crippen LogP) is 3.29. The van der Waals surface area contributed by atoms with Crippen LogP contribution in [0.2, 0.25) is 5.02 Å². The average molecular weight is 276 g/mol. The van der Waals surface area contributed by atoms with Crippen molar-refractivity contribution in [2.45, 2.75) is 0 Å². The van der Waals surface area contributed by atoms with Crippen molar-refractivity contribution < 1.29 is 14.7 Å². The highest BCUT2D eigenvalue weighted by molar-refractivity contribution is 6.30. The molecular weight excluding hydrogens is 266 g/mol. The normalized spacial score (nSPS) is 9.95. The minimum Gasteiger partial charge on any atom is -0.478 e. The van der Waals surface area contributed by atoms with E-state index >= 15 is 0 Å². The summed E-state index contributed by atoms with van der Waals surface area (Å²) in [5.41, 5.74) is 1.18. The van der Waals surface area contributed by atoms with E-state index in [9.17, 15) is 9.59 Å². The first-order valence-corrected chi connectivity index (χ1v) is 5.84. The summed E-state index contributed by atoms with van der Waals surface area (Å²) in [5, 5.41) is 12.0. The van der Waals surface area contributed by atoms with Crippen LogP contribution in [-0.4, -0.2) is 17.0 Å². The average Bonchev–Trinajstić information content (AvgIpc) is 2.40. The van der Waals surface area contributed by atoms with Crippen molar-refractivity contribution in [2.24, 2.45) is 0 Å². The van der Waals surface area contributed by atoms with E-state index in [4.69, 9.17) is 16.7 Å². The second kappa shape index (κ2) is 5.54. The number of aromatic carboxylic acids is 1. The van der Waals surface area contributed by atoms with Crippen LogP contribution in [-0.2, 0) is 0 Å². The second-order valence-corrected chi connectivity index (χ2v) is 4.28. The Hall–Kier alpha value is -2.33. The van der Waals surface area contributed by atoms with Gasteiger partial charge in [0.2, 0.25) is 0 Å². The van der Waals surface area contributed by atoms with Crippen molar-refractivity contribution in [3.05, 3.63) is 64.7 Å². The molecule has 96 valence electrons. The van der Waals surface area contributed by atoms with Crippen molar-refractivity contribution in [3.8, 4) is 0 Å². The third-order valence-electron chi connectivity index (χ3n) is 2.50. The van der Waals surface area contributed by atoms with Crippen molar-refractivity contribution in [1.29, 1.82) is 0 Å². The summed E-state index contributed by atoms with van der Waals surface area (Å²) in [5.74, 6) is -1.28. The molecule has 2 aromatic rings. The second-order valence-electron chi connectivity index (χ2n) is 3.84. The molecule has 0 aromatic heterocycles. The third-order valence-corrected chi connectivity index (χ3v) is 2.75. The van der Waals surface area contributed by atoms with Gasteiger partial charge in [-0.05, 0) is 48.5 Å². The Bertz CT molecular complexity index is 606. The van der Waals surface area contributed by atoms with E-state index in [0.717, 1.165) is 0 Å². The van der Waals surface area contributed by atoms with Crippen molar-refractivity contribution in [2.75, 3.05) is 5.32 Å². The zero-order valence-corrected chi connectivity index (χ0v) is 10.5. The molecule has 1 amide bonds. The van der Waals surface area contributed by atoms with Gasteiger partial charge in [-0.15, -0.1) is 0 Å². The van der Waals surface area contributed by atoms with Gasteiger partial charge >= 0.3 is 5.97 Å². The maximum Gasteiger partial charge on any atom is 0.335 e. The number of amides is 1. The van der Waals surface area contributed by atoms with Gasteiger partial charge in [-0.25, -0.2) is 4.79 Å². The molecule has 0 fully saturated rings. The highest BCUT2D eigenvalue weighted by atomic mass is 35.5. The minimum absolute atomic E-state index is 0.171. The Morgan fingerprint density at radius 1 is 0.895 bits per heavy atom. The van der Waals surface area contributed by atoms with E-state index in [0.29, 0.717) is 16.3 Å². The highest BCUT2D eigenvalue weighted by Crippen LogP contribution is 2.13. The predicted molar refractivity (Wildman–Crippen MR) is 72.8 cm³/mol. The number of carboxylic acid groups (broad SMARTS) is 1. The van der Waals surface area contributed by atoms with E-state index in [2.05, 4.69) is 5.32 Å². The molecule has 0 unspecified atom stereocenters. The summed E-state index contributed by atoms with van der Waals surface area (Å²) >= 11 is 5.74. The van der Waals surface area contributed by atoms with Crippen LogP contribution in [0.5, 0.6) is 0 Å². The number of hydrogen-bond donors (Lipinski definition) is 2. The molecule has 4 nitrogen and oxygen atoms in total. The van der Waals surface area contributed by atoms with Crippen LogP contribution in [0.25, 0.3) is 0 Å². The van der Waals surface area contributed by atoms with Gasteiger partial charge < -0.3 is 10.4 Å². The van der Waals surface area contributed by atoms with E-state index in [-0.39, 0.29) is 11.5 Å². The Morgan fingerprint density at radius 2 is 1.42 bits per heavy atom. The first-order valence-electron chi connectivity index (χ1n) is 5.46. The van der Waals surface area contributed by atoms with Gasteiger partial charge in [-0.3, -0.25) is 4.79 Å². The number of carbonyl (C=O) groups is 2. The molecule has 0 heterocycles. The summed E-state index contributed by atoms with van der Waals surface area (Å²) in [4.78, 5) is 22.6. The maximum atomic E-state index is 11.9. The molecule has 0 atom stereocenters. The molecule has 2 aromatic carbocycles. The van der Waals surface area contributed by atoms with Crippen LogP contribution in [0.1, 0.15) is 20.7 Å². The van der Waals surface area contributed by atoms with Crippen LogP contribution < -0.4 is 5.32 Å². The lowest BCUT2D eigenvalue weighted by molar-refractivity contribution is 0.0696. The molecule has 0 aliphatic rings. The van der Waals surface area contributed by atoms with Gasteiger partial charge in [-0.2, -0.15) is 0 Å². The number of rotatable bonds is 3. The molecular formula is C14H10ClNO3. The zero-order valence-electron chi connectivity index (χ0n) is 9.76. The molecule has 0 aliphatic carbocycles. The molecule has 0 aliphatic heterocycles. The molecule has 0 spiro atoms. The van der Waals surface area contributed by atoms with Crippen LogP contribution in [0.4, 0.5) is 5.69 Å². The third kappa shape index (κ3) is 3.33. The molecule has 2 N–H and O–H groups in total. The number of hydrogen-bond acceptors (Lipinski definition) is 2. The zero-order chi connectivity index (χ0) is 13.8. The van der Waals surface area contributed by atoms with Gasteiger partial charge in [0.05, 0.1) is 5.56 Å². The lowest BCUT2D eigenvalue weighted by Gasteiger charge is -2.05. The molecule has 0 saturated carbocycles. The SMILES string of the molecule is O=C(O)c1ccc(NC(=O)c2ccc(Cl)cc2)cc1. The largest absolute Gasteiger partial charge is 0.478 e. The summed E-state index contributed by atoms with van der Waals surface area (Å²) < 4.78 is 0. The summed E-state index contributed by atoms with van der Waals surface area (Å²) in [6.07, 6.45) is 0. The standard InChI is InChI=1S/C14H10ClNO3/c15-11-5-1-9(2-6-11)13(17)16-12-7-3-10(4-8-12)14(18)19/h1-8H,(H,16,17)(H,18,19). The Kier molecular flexibility index (Phi) is 3.82. The Labute approximate surface area is 114 Å². The fraction of sp³-hybridized carbons (Fsp3) is 0. The monoisotopic (exact) mass is 275 g/mol. The lowest BCUT2D eigenvalue weighted by Crippen LogP contribution is -2.11. The smallest absolute Gasteiger partial charge is 0.335 e. The number of carbonyl (C=O) groups excluding carboxylic acids is 1. The Balaban J connectivity index is 2.10. The Morgan fingerprint density at radius 3 is 1.95 bits per heavy atom. The summed E-state index contributed by atoms with van der Waals surface area (Å²) in [7, 11) is 0. The number of halogens is 1. The van der Waals surface area contributed by atoms with Crippen LogP contribution in [0, 0.1) is 0 Å². The fourth-order valence-electron chi connectivity index (χ4n) is 1.50.